The van der Waals surface area contributed by atoms with Crippen LogP contribution in [0.15, 0.2) is 36.5 Å². The molecule has 2 aromatic heterocycles. The van der Waals surface area contributed by atoms with Gasteiger partial charge in [0.25, 0.3) is 0 Å². The van der Waals surface area contributed by atoms with Gasteiger partial charge in [0.15, 0.2) is 0 Å². The highest BCUT2D eigenvalue weighted by atomic mass is 32.1. The van der Waals surface area contributed by atoms with Gasteiger partial charge in [0, 0.05) is 23.6 Å². The average Bonchev–Trinajstić information content (AvgIpc) is 3.45. The Morgan fingerprint density at radius 3 is 2.90 bits per heavy atom. The maximum atomic E-state index is 12.1. The molecule has 0 aromatic carbocycles. The summed E-state index contributed by atoms with van der Waals surface area (Å²) in [5.74, 6) is 0.333. The number of cyclic esters (lactones) is 1. The summed E-state index contributed by atoms with van der Waals surface area (Å²) in [5, 5.41) is 11.8. The second kappa shape index (κ2) is 8.19. The highest BCUT2D eigenvalue weighted by Gasteiger charge is 2.33. The zero-order valence-corrected chi connectivity index (χ0v) is 16.4. The van der Waals surface area contributed by atoms with Gasteiger partial charge in [-0.05, 0) is 30.3 Å². The van der Waals surface area contributed by atoms with Crippen LogP contribution in [0.1, 0.15) is 11.8 Å². The third kappa shape index (κ3) is 4.24. The van der Waals surface area contributed by atoms with Crippen LogP contribution in [0, 0.1) is 0 Å². The minimum atomic E-state index is -0.475. The quantitative estimate of drug-likeness (QED) is 0.654. The molecular weight excluding hydrogens is 396 g/mol. The van der Waals surface area contributed by atoms with E-state index >= 15 is 0 Å². The lowest BCUT2D eigenvalue weighted by Crippen LogP contribution is -2.33. The maximum Gasteiger partial charge on any atom is 0.416 e. The summed E-state index contributed by atoms with van der Waals surface area (Å²) >= 11 is 1.57. The summed E-state index contributed by atoms with van der Waals surface area (Å²) in [6.07, 6.45) is 2.34. The number of pyridine rings is 1. The Bertz CT molecular complexity index is 942. The average molecular weight is 416 g/mol. The minimum Gasteiger partial charge on any atom is -0.442 e. The number of nitrogens with zero attached hydrogens (tertiary/aromatic N) is 2. The first-order valence-electron chi connectivity index (χ1n) is 9.07. The normalized spacial score (nSPS) is 21.0. The van der Waals surface area contributed by atoms with E-state index in [1.54, 1.807) is 23.6 Å². The van der Waals surface area contributed by atoms with E-state index in [9.17, 15) is 9.59 Å². The van der Waals surface area contributed by atoms with Gasteiger partial charge in [0.2, 0.25) is 5.91 Å². The van der Waals surface area contributed by atoms with Gasteiger partial charge in [-0.15, -0.1) is 11.3 Å². The van der Waals surface area contributed by atoms with Crippen LogP contribution in [0.5, 0.6) is 0 Å². The number of hydrogen-bond acceptors (Lipinski definition) is 8. The lowest BCUT2D eigenvalue weighted by atomic mass is 10.2. The Morgan fingerprint density at radius 2 is 2.21 bits per heavy atom. The number of carbonyl (C=O) groups excluding carboxylic acids is 2. The van der Waals surface area contributed by atoms with E-state index in [-0.39, 0.29) is 25.2 Å². The van der Waals surface area contributed by atoms with Crippen molar-refractivity contribution >= 4 is 34.9 Å². The number of aromatic nitrogens is 1. The van der Waals surface area contributed by atoms with Crippen LogP contribution < -0.4 is 15.7 Å². The molecule has 152 valence electrons. The molecule has 2 amide bonds. The van der Waals surface area contributed by atoms with Gasteiger partial charge in [0.1, 0.15) is 18.0 Å². The summed E-state index contributed by atoms with van der Waals surface area (Å²) < 4.78 is 5.26. The fraction of sp³-hybridized carbons (Fsp3) is 0.316. The molecule has 2 aromatic rings. The first-order valence-corrected chi connectivity index (χ1v) is 9.88. The van der Waals surface area contributed by atoms with E-state index in [0.29, 0.717) is 12.4 Å². The Morgan fingerprint density at radius 1 is 1.38 bits per heavy atom. The third-order valence-electron chi connectivity index (χ3n) is 4.49. The lowest BCUT2D eigenvalue weighted by Gasteiger charge is -2.12. The van der Waals surface area contributed by atoms with Crippen molar-refractivity contribution in [1.29, 1.82) is 0 Å². The van der Waals surface area contributed by atoms with Crippen LogP contribution in [0.3, 0.4) is 0 Å². The predicted molar refractivity (Wildman–Crippen MR) is 107 cm³/mol. The molecule has 4 heterocycles. The third-order valence-corrected chi connectivity index (χ3v) is 5.65. The van der Waals surface area contributed by atoms with Gasteiger partial charge in [-0.25, -0.2) is 9.78 Å². The molecule has 0 bridgehead atoms. The molecule has 1 unspecified atom stereocenters. The largest absolute Gasteiger partial charge is 0.442 e. The van der Waals surface area contributed by atoms with Crippen LogP contribution in [0.2, 0.25) is 0 Å². The number of hydroxylamine groups is 1. The summed E-state index contributed by atoms with van der Waals surface area (Å²) in [6, 6.07) is 7.63. The first-order chi connectivity index (χ1) is 14.0. The molecule has 0 radical (unpaired) electrons. The van der Waals surface area contributed by atoms with E-state index in [2.05, 4.69) is 15.8 Å². The van der Waals surface area contributed by atoms with Crippen molar-refractivity contribution in [2.45, 2.75) is 19.1 Å². The van der Waals surface area contributed by atoms with Crippen LogP contribution in [-0.2, 0) is 14.4 Å². The zero-order valence-electron chi connectivity index (χ0n) is 15.6. The van der Waals surface area contributed by atoms with Crippen molar-refractivity contribution < 1.29 is 24.3 Å². The van der Waals surface area contributed by atoms with Crippen LogP contribution in [0.4, 0.5) is 10.6 Å². The van der Waals surface area contributed by atoms with Gasteiger partial charge in [-0.2, -0.15) is 0 Å². The Labute approximate surface area is 170 Å². The van der Waals surface area contributed by atoms with Gasteiger partial charge >= 0.3 is 6.09 Å². The van der Waals surface area contributed by atoms with Crippen molar-refractivity contribution in [2.24, 2.45) is 0 Å². The molecule has 1 fully saturated rings. The standard InChI is InChI=1S/C19H20N4O5S/c1-11(25)20-8-14-9-23(19(26)27-14)18-5-2-12(7-21-18)16-3-4-17(29-16)15-6-13(10-24)28-22-15/h2-7,13-14,22,24H,8-10H2,1H3,(H,20,25)/t13?,14-/m1/s1. The number of amides is 2. The number of thiophene rings is 1. The van der Waals surface area contributed by atoms with Gasteiger partial charge in [-0.3, -0.25) is 20.0 Å². The molecule has 0 spiro atoms. The number of nitrogens with one attached hydrogen (secondary N) is 2. The molecule has 29 heavy (non-hydrogen) atoms. The zero-order chi connectivity index (χ0) is 20.4. The summed E-state index contributed by atoms with van der Waals surface area (Å²) in [7, 11) is 0. The van der Waals surface area contributed by atoms with E-state index in [0.717, 1.165) is 21.0 Å². The van der Waals surface area contributed by atoms with Crippen molar-refractivity contribution in [3.63, 3.8) is 0 Å². The molecule has 9 nitrogen and oxygen atoms in total. The van der Waals surface area contributed by atoms with E-state index in [1.165, 1.54) is 11.8 Å². The monoisotopic (exact) mass is 416 g/mol. The van der Waals surface area contributed by atoms with Gasteiger partial charge in [-0.1, -0.05) is 0 Å². The summed E-state index contributed by atoms with van der Waals surface area (Å²) in [4.78, 5) is 36.2. The highest BCUT2D eigenvalue weighted by molar-refractivity contribution is 7.16. The Balaban J connectivity index is 1.44. The SMILES string of the molecule is CC(=O)NC[C@@H]1CN(c2ccc(-c3ccc(C4=CC(CO)ON4)s3)cn2)C(=O)O1. The van der Waals surface area contributed by atoms with Crippen molar-refractivity contribution in [2.75, 3.05) is 24.6 Å². The van der Waals surface area contributed by atoms with Crippen molar-refractivity contribution in [3.05, 3.63) is 41.4 Å². The Hall–Kier alpha value is -2.95. The molecule has 4 rings (SSSR count). The van der Waals surface area contributed by atoms with E-state index in [4.69, 9.17) is 14.7 Å². The van der Waals surface area contributed by atoms with Crippen LogP contribution in [0.25, 0.3) is 16.1 Å². The fourth-order valence-electron chi connectivity index (χ4n) is 3.02. The second-order valence-electron chi connectivity index (χ2n) is 6.64. The van der Waals surface area contributed by atoms with E-state index < -0.39 is 12.2 Å². The number of anilines is 1. The molecule has 2 aliphatic heterocycles. The van der Waals surface area contributed by atoms with E-state index in [1.807, 2.05) is 24.3 Å². The predicted octanol–water partition coefficient (Wildman–Crippen LogP) is 1.51. The molecule has 0 saturated carbocycles. The fourth-order valence-corrected chi connectivity index (χ4v) is 3.98. The van der Waals surface area contributed by atoms with Crippen molar-refractivity contribution in [3.8, 4) is 10.4 Å². The lowest BCUT2D eigenvalue weighted by molar-refractivity contribution is -0.119. The molecule has 10 heteroatoms. The first kappa shape index (κ1) is 19.4. The topological polar surface area (TPSA) is 113 Å². The van der Waals surface area contributed by atoms with Crippen molar-refractivity contribution in [1.82, 2.24) is 15.8 Å². The minimum absolute atomic E-state index is 0.0787. The maximum absolute atomic E-state index is 12.1. The summed E-state index contributed by atoms with van der Waals surface area (Å²) in [6.45, 7) is 1.95. The van der Waals surface area contributed by atoms with Crippen LogP contribution >= 0.6 is 11.3 Å². The van der Waals surface area contributed by atoms with Gasteiger partial charge in [0.05, 0.1) is 30.3 Å². The second-order valence-corrected chi connectivity index (χ2v) is 7.73. The molecule has 2 atom stereocenters. The molecule has 0 aliphatic carbocycles. The molecule has 3 N–H and O–H groups in total. The molecule has 1 saturated heterocycles. The smallest absolute Gasteiger partial charge is 0.416 e. The van der Waals surface area contributed by atoms with Crippen LogP contribution in [-0.4, -0.2) is 54.0 Å². The molecule has 2 aliphatic rings. The number of aliphatic hydroxyl groups excluding tert-OH is 1. The number of carbonyl (C=O) groups is 2. The van der Waals surface area contributed by atoms with Gasteiger partial charge < -0.3 is 15.2 Å². The number of aliphatic hydroxyl groups is 1. The summed E-state index contributed by atoms with van der Waals surface area (Å²) in [5.41, 5.74) is 4.57. The molecular formula is C19H20N4O5S. The number of rotatable bonds is 6. The highest BCUT2D eigenvalue weighted by Crippen LogP contribution is 2.33. The number of hydrogen-bond donors (Lipinski definition) is 3. The Kier molecular flexibility index (Phi) is 5.47. The number of ether oxygens (including phenoxy) is 1.